The standard InChI is InChI=1S/C20H20ClFN2O3/c1-27-20(26)18(16-7-2-3-8-17(16)21)23-9-11-24(12-10-23)19(25)14-5-4-6-15(22)13-14/h2-8,13,18H,9-12H2,1H3. The van der Waals surface area contributed by atoms with Crippen molar-refractivity contribution in [2.75, 3.05) is 33.3 Å². The van der Waals surface area contributed by atoms with Gasteiger partial charge >= 0.3 is 5.97 Å². The zero-order valence-corrected chi connectivity index (χ0v) is 15.7. The van der Waals surface area contributed by atoms with E-state index in [1.807, 2.05) is 11.0 Å². The molecule has 1 fully saturated rings. The van der Waals surface area contributed by atoms with E-state index in [-0.39, 0.29) is 5.91 Å². The van der Waals surface area contributed by atoms with Crippen LogP contribution in [0.25, 0.3) is 0 Å². The average molecular weight is 391 g/mol. The topological polar surface area (TPSA) is 49.9 Å². The van der Waals surface area contributed by atoms with Gasteiger partial charge in [0.15, 0.2) is 0 Å². The summed E-state index contributed by atoms with van der Waals surface area (Å²) in [5.41, 5.74) is 0.995. The molecule has 142 valence electrons. The number of ether oxygens (including phenoxy) is 1. The summed E-state index contributed by atoms with van der Waals surface area (Å²) in [6.45, 7) is 1.80. The number of esters is 1. The molecule has 1 aliphatic heterocycles. The zero-order valence-electron chi connectivity index (χ0n) is 14.9. The first-order valence-corrected chi connectivity index (χ1v) is 9.00. The van der Waals surface area contributed by atoms with Crippen molar-refractivity contribution in [3.05, 3.63) is 70.5 Å². The van der Waals surface area contributed by atoms with Crippen molar-refractivity contribution in [2.45, 2.75) is 6.04 Å². The molecule has 2 aromatic carbocycles. The van der Waals surface area contributed by atoms with Gasteiger partial charge in [0.05, 0.1) is 7.11 Å². The van der Waals surface area contributed by atoms with E-state index < -0.39 is 17.8 Å². The fraction of sp³-hybridized carbons (Fsp3) is 0.300. The number of methoxy groups -OCH3 is 1. The fourth-order valence-electron chi connectivity index (χ4n) is 3.27. The van der Waals surface area contributed by atoms with Gasteiger partial charge in [-0.25, -0.2) is 9.18 Å². The van der Waals surface area contributed by atoms with Gasteiger partial charge < -0.3 is 9.64 Å². The van der Waals surface area contributed by atoms with E-state index in [4.69, 9.17) is 16.3 Å². The Morgan fingerprint density at radius 2 is 1.78 bits per heavy atom. The van der Waals surface area contributed by atoms with Crippen LogP contribution in [-0.2, 0) is 9.53 Å². The van der Waals surface area contributed by atoms with E-state index in [0.717, 1.165) is 0 Å². The molecule has 1 saturated heterocycles. The van der Waals surface area contributed by atoms with Gasteiger partial charge in [0.1, 0.15) is 11.9 Å². The molecule has 0 saturated carbocycles. The molecule has 0 radical (unpaired) electrons. The van der Waals surface area contributed by atoms with Crippen molar-refractivity contribution in [3.63, 3.8) is 0 Å². The van der Waals surface area contributed by atoms with Crippen molar-refractivity contribution >= 4 is 23.5 Å². The number of carbonyl (C=O) groups excluding carboxylic acids is 2. The second-order valence-electron chi connectivity index (χ2n) is 6.29. The number of carbonyl (C=O) groups is 2. The van der Waals surface area contributed by atoms with Gasteiger partial charge in [0.2, 0.25) is 0 Å². The van der Waals surface area contributed by atoms with E-state index >= 15 is 0 Å². The number of halogens is 2. The highest BCUT2D eigenvalue weighted by Crippen LogP contribution is 2.29. The molecule has 1 amide bonds. The molecule has 1 unspecified atom stereocenters. The minimum Gasteiger partial charge on any atom is -0.468 e. The highest BCUT2D eigenvalue weighted by Gasteiger charge is 2.33. The molecular weight excluding hydrogens is 371 g/mol. The van der Waals surface area contributed by atoms with Crippen molar-refractivity contribution in [1.29, 1.82) is 0 Å². The van der Waals surface area contributed by atoms with Gasteiger partial charge in [-0.15, -0.1) is 0 Å². The summed E-state index contributed by atoms with van der Waals surface area (Å²) in [6.07, 6.45) is 0. The van der Waals surface area contributed by atoms with Crippen molar-refractivity contribution in [3.8, 4) is 0 Å². The van der Waals surface area contributed by atoms with E-state index in [0.29, 0.717) is 42.3 Å². The highest BCUT2D eigenvalue weighted by atomic mass is 35.5. The molecule has 5 nitrogen and oxygen atoms in total. The number of nitrogens with zero attached hydrogens (tertiary/aromatic N) is 2. The third kappa shape index (κ3) is 4.28. The largest absolute Gasteiger partial charge is 0.468 e. The van der Waals surface area contributed by atoms with Crippen LogP contribution in [0.1, 0.15) is 22.0 Å². The maximum absolute atomic E-state index is 13.4. The maximum atomic E-state index is 13.4. The van der Waals surface area contributed by atoms with Crippen LogP contribution < -0.4 is 0 Å². The van der Waals surface area contributed by atoms with Crippen molar-refractivity contribution < 1.29 is 18.7 Å². The fourth-order valence-corrected chi connectivity index (χ4v) is 3.51. The Bertz CT molecular complexity index is 837. The lowest BCUT2D eigenvalue weighted by Gasteiger charge is -2.38. The quantitative estimate of drug-likeness (QED) is 0.752. The molecule has 0 aromatic heterocycles. The molecule has 3 rings (SSSR count). The van der Waals surface area contributed by atoms with Crippen LogP contribution in [0.4, 0.5) is 4.39 Å². The minimum absolute atomic E-state index is 0.221. The summed E-state index contributed by atoms with van der Waals surface area (Å²) in [5, 5.41) is 0.492. The molecular formula is C20H20ClFN2O3. The SMILES string of the molecule is COC(=O)C(c1ccccc1Cl)N1CCN(C(=O)c2cccc(F)c2)CC1. The number of hydrogen-bond donors (Lipinski definition) is 0. The molecule has 0 spiro atoms. The predicted molar refractivity (Wildman–Crippen MR) is 100 cm³/mol. The molecule has 1 aliphatic rings. The van der Waals surface area contributed by atoms with Crippen molar-refractivity contribution in [2.24, 2.45) is 0 Å². The third-order valence-corrected chi connectivity index (χ3v) is 5.01. The number of piperazine rings is 1. The van der Waals surface area contributed by atoms with Crippen LogP contribution in [0.2, 0.25) is 5.02 Å². The lowest BCUT2D eigenvalue weighted by Crippen LogP contribution is -2.51. The molecule has 0 bridgehead atoms. The molecule has 7 heteroatoms. The Kier molecular flexibility index (Phi) is 6.08. The molecule has 0 aliphatic carbocycles. The normalized spacial score (nSPS) is 16.0. The summed E-state index contributed by atoms with van der Waals surface area (Å²) in [4.78, 5) is 28.6. The molecule has 1 atom stereocenters. The second kappa shape index (κ2) is 8.50. The number of amides is 1. The predicted octanol–water partition coefficient (Wildman–Crippen LogP) is 3.15. The smallest absolute Gasteiger partial charge is 0.327 e. The number of rotatable bonds is 4. The van der Waals surface area contributed by atoms with Gasteiger partial charge in [-0.1, -0.05) is 35.9 Å². The molecule has 27 heavy (non-hydrogen) atoms. The maximum Gasteiger partial charge on any atom is 0.327 e. The summed E-state index contributed by atoms with van der Waals surface area (Å²) in [6, 6.07) is 12.2. The van der Waals surface area contributed by atoms with Gasteiger partial charge in [-0.2, -0.15) is 0 Å². The Labute approximate surface area is 162 Å². The van der Waals surface area contributed by atoms with Crippen LogP contribution >= 0.6 is 11.6 Å². The summed E-state index contributed by atoms with van der Waals surface area (Å²) in [7, 11) is 1.34. The Balaban J connectivity index is 1.73. The molecule has 2 aromatic rings. The third-order valence-electron chi connectivity index (χ3n) is 4.66. The minimum atomic E-state index is -0.630. The van der Waals surface area contributed by atoms with Gasteiger partial charge in [0.25, 0.3) is 5.91 Å². The second-order valence-corrected chi connectivity index (χ2v) is 6.69. The van der Waals surface area contributed by atoms with Crippen LogP contribution in [0.15, 0.2) is 48.5 Å². The van der Waals surface area contributed by atoms with Crippen LogP contribution in [0.3, 0.4) is 0 Å². The lowest BCUT2D eigenvalue weighted by atomic mass is 10.0. The Hall–Kier alpha value is -2.44. The van der Waals surface area contributed by atoms with Crippen LogP contribution in [0.5, 0.6) is 0 Å². The van der Waals surface area contributed by atoms with Gasteiger partial charge in [0, 0.05) is 36.8 Å². The molecule has 0 N–H and O–H groups in total. The highest BCUT2D eigenvalue weighted by molar-refractivity contribution is 6.31. The summed E-state index contributed by atoms with van der Waals surface area (Å²) in [5.74, 6) is -1.06. The lowest BCUT2D eigenvalue weighted by molar-refractivity contribution is -0.148. The van der Waals surface area contributed by atoms with E-state index in [9.17, 15) is 14.0 Å². The summed E-state index contributed by atoms with van der Waals surface area (Å²) < 4.78 is 18.3. The van der Waals surface area contributed by atoms with E-state index in [1.54, 1.807) is 29.2 Å². The Morgan fingerprint density at radius 1 is 1.07 bits per heavy atom. The average Bonchev–Trinajstić information content (AvgIpc) is 2.69. The number of hydrogen-bond acceptors (Lipinski definition) is 4. The van der Waals surface area contributed by atoms with E-state index in [2.05, 4.69) is 0 Å². The van der Waals surface area contributed by atoms with Crippen molar-refractivity contribution in [1.82, 2.24) is 9.80 Å². The monoisotopic (exact) mass is 390 g/mol. The van der Waals surface area contributed by atoms with E-state index in [1.165, 1.54) is 25.3 Å². The summed E-state index contributed by atoms with van der Waals surface area (Å²) >= 11 is 6.28. The molecule has 1 heterocycles. The first kappa shape index (κ1) is 19.3. The Morgan fingerprint density at radius 3 is 2.41 bits per heavy atom. The van der Waals surface area contributed by atoms with Gasteiger partial charge in [-0.3, -0.25) is 9.69 Å². The van der Waals surface area contributed by atoms with Crippen LogP contribution in [-0.4, -0.2) is 55.0 Å². The van der Waals surface area contributed by atoms with Gasteiger partial charge in [-0.05, 0) is 29.8 Å². The zero-order chi connectivity index (χ0) is 19.4. The number of benzene rings is 2. The van der Waals surface area contributed by atoms with Crippen LogP contribution in [0, 0.1) is 5.82 Å². The first-order chi connectivity index (χ1) is 13.0. The first-order valence-electron chi connectivity index (χ1n) is 8.62.